The average Bonchev–Trinajstić information content (AvgIpc) is 3.04. The van der Waals surface area contributed by atoms with Crippen molar-refractivity contribution in [2.45, 2.75) is 84.0 Å². The molecule has 5 heteroatoms. The van der Waals surface area contributed by atoms with Gasteiger partial charge < -0.3 is 19.7 Å². The van der Waals surface area contributed by atoms with Crippen LogP contribution in [0.2, 0.25) is 0 Å². The molecule has 2 aliphatic heterocycles. The number of fused-ring (bicyclic) bond motifs is 4. The minimum atomic E-state index is -0.419. The van der Waals surface area contributed by atoms with E-state index in [1.807, 2.05) is 32.8 Å². The van der Waals surface area contributed by atoms with Crippen LogP contribution in [0.5, 0.6) is 0 Å². The third-order valence-electron chi connectivity index (χ3n) is 8.36. The summed E-state index contributed by atoms with van der Waals surface area (Å²) in [5.74, 6) is 3.28. The molecule has 4 aliphatic rings. The number of rotatable bonds is 1. The van der Waals surface area contributed by atoms with Crippen molar-refractivity contribution in [2.75, 3.05) is 26.7 Å². The summed E-state index contributed by atoms with van der Waals surface area (Å²) >= 11 is 0. The number of carbonyl (C=O) groups is 1. The zero-order valence-corrected chi connectivity index (χ0v) is 18.5. The van der Waals surface area contributed by atoms with E-state index >= 15 is 0 Å². The highest BCUT2D eigenvalue weighted by Gasteiger charge is 2.58. The summed E-state index contributed by atoms with van der Waals surface area (Å²) in [5.41, 5.74) is -0.0627. The molecule has 1 N–H and O–H groups in total. The van der Waals surface area contributed by atoms with E-state index in [0.717, 1.165) is 56.1 Å². The van der Waals surface area contributed by atoms with Crippen molar-refractivity contribution < 1.29 is 14.3 Å². The topological polar surface area (TPSA) is 50.8 Å². The highest BCUT2D eigenvalue weighted by atomic mass is 16.6. The molecule has 5 unspecified atom stereocenters. The van der Waals surface area contributed by atoms with E-state index in [4.69, 9.17) is 9.47 Å². The van der Waals surface area contributed by atoms with Gasteiger partial charge in [-0.05, 0) is 95.3 Å². The van der Waals surface area contributed by atoms with E-state index in [9.17, 15) is 4.79 Å². The molecular weight excluding hydrogens is 352 g/mol. The van der Waals surface area contributed by atoms with Crippen LogP contribution in [-0.2, 0) is 9.47 Å². The lowest BCUT2D eigenvalue weighted by molar-refractivity contribution is -0.0486. The van der Waals surface area contributed by atoms with Gasteiger partial charge in [-0.3, -0.25) is 0 Å². The molecule has 0 bridgehead atoms. The Hall–Kier alpha value is -0.810. The fourth-order valence-electron chi connectivity index (χ4n) is 7.04. The molecule has 2 heterocycles. The number of nitrogens with zero attached hydrogens (tertiary/aromatic N) is 1. The van der Waals surface area contributed by atoms with E-state index in [-0.39, 0.29) is 6.09 Å². The van der Waals surface area contributed by atoms with Gasteiger partial charge in [0.2, 0.25) is 0 Å². The fraction of sp³-hybridized carbons (Fsp3) is 0.957. The summed E-state index contributed by atoms with van der Waals surface area (Å²) in [6.07, 6.45) is 7.73. The van der Waals surface area contributed by atoms with Crippen LogP contribution in [0, 0.1) is 29.1 Å². The minimum absolute atomic E-state index is 0.138. The Kier molecular flexibility index (Phi) is 5.45. The third kappa shape index (κ3) is 3.69. The molecule has 2 saturated heterocycles. The molecule has 0 radical (unpaired) electrons. The first kappa shape index (κ1) is 20.5. The lowest BCUT2D eigenvalue weighted by Gasteiger charge is -2.54. The van der Waals surface area contributed by atoms with Crippen LogP contribution in [0.25, 0.3) is 0 Å². The summed E-state index contributed by atoms with van der Waals surface area (Å²) in [7, 11) is 1.88. The van der Waals surface area contributed by atoms with Crippen molar-refractivity contribution in [3.8, 4) is 0 Å². The molecule has 28 heavy (non-hydrogen) atoms. The minimum Gasteiger partial charge on any atom is -0.444 e. The summed E-state index contributed by atoms with van der Waals surface area (Å²) in [5, 5.41) is 3.87. The van der Waals surface area contributed by atoms with Crippen molar-refractivity contribution in [1.29, 1.82) is 0 Å². The largest absolute Gasteiger partial charge is 0.444 e. The third-order valence-corrected chi connectivity index (χ3v) is 8.36. The monoisotopic (exact) mass is 392 g/mol. The number of amides is 1. The smallest absolute Gasteiger partial charge is 0.410 e. The van der Waals surface area contributed by atoms with E-state index in [0.29, 0.717) is 17.6 Å². The predicted molar refractivity (Wildman–Crippen MR) is 110 cm³/mol. The van der Waals surface area contributed by atoms with E-state index < -0.39 is 5.60 Å². The lowest BCUT2D eigenvalue weighted by atomic mass is 9.57. The molecule has 4 rings (SSSR count). The molecule has 1 spiro atoms. The maximum atomic E-state index is 12.5. The van der Waals surface area contributed by atoms with E-state index in [1.54, 1.807) is 0 Å². The number of nitrogens with one attached hydrogen (secondary N) is 1. The zero-order valence-electron chi connectivity index (χ0n) is 18.5. The standard InChI is InChI=1S/C23H40N2O3/c1-15-19-13-16-12-17(27-5)6-7-18(16)20(19)23(14-24-15)8-10-25(11-9-23)21(26)28-22(2,3)4/h15-20,24H,6-14H2,1-5H3/t15-,16?,17?,18?,19?,20?/m0/s1. The Balaban J connectivity index is 1.47. The Morgan fingerprint density at radius 3 is 2.46 bits per heavy atom. The second kappa shape index (κ2) is 7.46. The van der Waals surface area contributed by atoms with Crippen molar-refractivity contribution in [3.05, 3.63) is 0 Å². The van der Waals surface area contributed by atoms with Gasteiger partial charge in [-0.15, -0.1) is 0 Å². The Morgan fingerprint density at radius 1 is 1.11 bits per heavy atom. The molecular formula is C23H40N2O3. The molecule has 4 fully saturated rings. The van der Waals surface area contributed by atoms with Crippen LogP contribution >= 0.6 is 0 Å². The van der Waals surface area contributed by atoms with Crippen molar-refractivity contribution in [1.82, 2.24) is 10.2 Å². The quantitative estimate of drug-likeness (QED) is 0.731. The van der Waals surface area contributed by atoms with Crippen molar-refractivity contribution in [2.24, 2.45) is 29.1 Å². The van der Waals surface area contributed by atoms with Gasteiger partial charge in [0.05, 0.1) is 6.10 Å². The SMILES string of the molecule is COC1CCC2C(C1)CC1C2C2(CCN(C(=O)OC(C)(C)C)CC2)CN[C@H]1C. The number of methoxy groups -OCH3 is 1. The molecule has 2 saturated carbocycles. The second-order valence-electron chi connectivity index (χ2n) is 11.0. The van der Waals surface area contributed by atoms with Crippen LogP contribution in [0.4, 0.5) is 4.79 Å². The normalized spacial score (nSPS) is 40.1. The molecule has 160 valence electrons. The van der Waals surface area contributed by atoms with E-state index in [1.165, 1.54) is 25.7 Å². The molecule has 1 amide bonds. The molecule has 0 aromatic heterocycles. The average molecular weight is 393 g/mol. The molecule has 6 atom stereocenters. The zero-order chi connectivity index (χ0) is 20.1. The maximum Gasteiger partial charge on any atom is 0.410 e. The number of carbonyl (C=O) groups excluding carboxylic acids is 1. The number of hydrogen-bond donors (Lipinski definition) is 1. The highest BCUT2D eigenvalue weighted by molar-refractivity contribution is 5.68. The van der Waals surface area contributed by atoms with Gasteiger partial charge >= 0.3 is 6.09 Å². The van der Waals surface area contributed by atoms with Crippen molar-refractivity contribution >= 4 is 6.09 Å². The molecule has 2 aliphatic carbocycles. The molecule has 0 aromatic rings. The van der Waals surface area contributed by atoms with Crippen LogP contribution in [0.3, 0.4) is 0 Å². The van der Waals surface area contributed by atoms with Crippen LogP contribution in [0.1, 0.15) is 66.2 Å². The number of ether oxygens (including phenoxy) is 2. The van der Waals surface area contributed by atoms with Gasteiger partial charge in [-0.25, -0.2) is 4.79 Å². The van der Waals surface area contributed by atoms with Gasteiger partial charge in [0.1, 0.15) is 5.60 Å². The first-order chi connectivity index (χ1) is 13.2. The van der Waals surface area contributed by atoms with Crippen LogP contribution in [0.15, 0.2) is 0 Å². The van der Waals surface area contributed by atoms with Gasteiger partial charge in [-0.2, -0.15) is 0 Å². The number of piperidine rings is 2. The summed E-state index contributed by atoms with van der Waals surface area (Å²) in [4.78, 5) is 14.5. The number of hydrogen-bond acceptors (Lipinski definition) is 4. The molecule has 5 nitrogen and oxygen atoms in total. The van der Waals surface area contributed by atoms with Gasteiger partial charge in [0, 0.05) is 32.8 Å². The van der Waals surface area contributed by atoms with E-state index in [2.05, 4.69) is 12.2 Å². The Morgan fingerprint density at radius 2 is 1.82 bits per heavy atom. The van der Waals surface area contributed by atoms with Crippen LogP contribution in [-0.4, -0.2) is 55.5 Å². The fourth-order valence-corrected chi connectivity index (χ4v) is 7.04. The molecule has 0 aromatic carbocycles. The van der Waals surface area contributed by atoms with Crippen molar-refractivity contribution in [3.63, 3.8) is 0 Å². The van der Waals surface area contributed by atoms with Gasteiger partial charge in [0.15, 0.2) is 0 Å². The summed E-state index contributed by atoms with van der Waals surface area (Å²) in [6, 6.07) is 0.617. The van der Waals surface area contributed by atoms with Crippen LogP contribution < -0.4 is 5.32 Å². The summed E-state index contributed by atoms with van der Waals surface area (Å²) < 4.78 is 11.3. The van der Waals surface area contributed by atoms with Gasteiger partial charge in [0.25, 0.3) is 0 Å². The first-order valence-corrected chi connectivity index (χ1v) is 11.5. The maximum absolute atomic E-state index is 12.5. The Labute approximate surface area is 170 Å². The second-order valence-corrected chi connectivity index (χ2v) is 11.0. The Bertz CT molecular complexity index is 579. The predicted octanol–water partition coefficient (Wildman–Crippen LogP) is 4.06. The summed E-state index contributed by atoms with van der Waals surface area (Å²) in [6.45, 7) is 11.0. The van der Waals surface area contributed by atoms with Gasteiger partial charge in [-0.1, -0.05) is 0 Å². The first-order valence-electron chi connectivity index (χ1n) is 11.5. The highest BCUT2D eigenvalue weighted by Crippen LogP contribution is 2.60. The lowest BCUT2D eigenvalue weighted by Crippen LogP contribution is -2.59. The number of likely N-dealkylation sites (tertiary alicyclic amines) is 1.